The number of ketones is 1. The van der Waals surface area contributed by atoms with Crippen LogP contribution in [0.5, 0.6) is 0 Å². The molecule has 0 bridgehead atoms. The fourth-order valence-corrected chi connectivity index (χ4v) is 2.92. The van der Waals surface area contributed by atoms with Gasteiger partial charge in [0.25, 0.3) is 5.91 Å². The van der Waals surface area contributed by atoms with E-state index in [1.807, 2.05) is 0 Å². The van der Waals surface area contributed by atoms with Crippen molar-refractivity contribution in [3.63, 3.8) is 0 Å². The van der Waals surface area contributed by atoms with E-state index in [0.29, 0.717) is 35.7 Å². The first-order valence-electron chi connectivity index (χ1n) is 6.06. The Morgan fingerprint density at radius 1 is 1.37 bits per heavy atom. The Hall–Kier alpha value is -1.85. The lowest BCUT2D eigenvalue weighted by Crippen LogP contribution is -2.39. The number of azide groups is 1. The highest BCUT2D eigenvalue weighted by atomic mass is 32.1. The monoisotopic (exact) mass is 278 g/mol. The van der Waals surface area contributed by atoms with Gasteiger partial charge in [0, 0.05) is 24.0 Å². The lowest BCUT2D eigenvalue weighted by molar-refractivity contribution is 0.0719. The first-order valence-corrected chi connectivity index (χ1v) is 6.87. The molecule has 0 aliphatic carbocycles. The average Bonchev–Trinajstić information content (AvgIpc) is 2.89. The molecule has 0 unspecified atom stereocenters. The fraction of sp³-hybridized carbons (Fsp3) is 0.500. The zero-order valence-corrected chi connectivity index (χ0v) is 11.4. The predicted molar refractivity (Wildman–Crippen MR) is 72.4 cm³/mol. The molecule has 1 amide bonds. The highest BCUT2D eigenvalue weighted by Crippen LogP contribution is 2.21. The van der Waals surface area contributed by atoms with Crippen LogP contribution in [-0.2, 0) is 0 Å². The van der Waals surface area contributed by atoms with E-state index in [1.165, 1.54) is 18.3 Å². The summed E-state index contributed by atoms with van der Waals surface area (Å²) >= 11 is 1.23. The van der Waals surface area contributed by atoms with Gasteiger partial charge in [0.15, 0.2) is 5.78 Å². The van der Waals surface area contributed by atoms with Crippen LogP contribution in [0.25, 0.3) is 10.4 Å². The molecule has 0 aromatic carbocycles. The molecule has 19 heavy (non-hydrogen) atoms. The van der Waals surface area contributed by atoms with Gasteiger partial charge in [-0.25, -0.2) is 0 Å². The molecule has 0 saturated carbocycles. The minimum absolute atomic E-state index is 0.00911. The molecule has 1 fully saturated rings. The number of amides is 1. The van der Waals surface area contributed by atoms with Crippen molar-refractivity contribution in [1.82, 2.24) is 4.90 Å². The van der Waals surface area contributed by atoms with Crippen LogP contribution in [-0.4, -0.2) is 35.7 Å². The summed E-state index contributed by atoms with van der Waals surface area (Å²) in [7, 11) is 0. The van der Waals surface area contributed by atoms with Gasteiger partial charge < -0.3 is 4.90 Å². The molecule has 2 heterocycles. The molecule has 1 aromatic heterocycles. The van der Waals surface area contributed by atoms with Crippen LogP contribution in [0, 0.1) is 0 Å². The van der Waals surface area contributed by atoms with Crippen molar-refractivity contribution in [3.05, 3.63) is 32.3 Å². The second-order valence-electron chi connectivity index (χ2n) is 4.45. The summed E-state index contributed by atoms with van der Waals surface area (Å²) in [4.78, 5) is 29.2. The van der Waals surface area contributed by atoms with E-state index in [9.17, 15) is 9.59 Å². The highest BCUT2D eigenvalue weighted by molar-refractivity contribution is 7.15. The SMILES string of the molecule is CC(=O)c1ccc(C(=O)N2CCC(N=[N+]=[N-])CC2)s1. The fourth-order valence-electron chi connectivity index (χ4n) is 2.06. The lowest BCUT2D eigenvalue weighted by atomic mass is 10.1. The summed E-state index contributed by atoms with van der Waals surface area (Å²) < 4.78 is 0. The molecule has 7 heteroatoms. The Labute approximate surface area is 114 Å². The van der Waals surface area contributed by atoms with Gasteiger partial charge in [0.1, 0.15) is 0 Å². The van der Waals surface area contributed by atoms with Gasteiger partial charge in [-0.15, -0.1) is 11.3 Å². The van der Waals surface area contributed by atoms with Crippen molar-refractivity contribution >= 4 is 23.0 Å². The number of rotatable bonds is 3. The number of piperidine rings is 1. The standard InChI is InChI=1S/C12H14N4O2S/c1-8(17)10-2-3-11(19-10)12(18)16-6-4-9(5-7-16)14-15-13/h2-3,9H,4-7H2,1H3. The van der Waals surface area contributed by atoms with Crippen LogP contribution in [0.4, 0.5) is 0 Å². The largest absolute Gasteiger partial charge is 0.338 e. The van der Waals surface area contributed by atoms with Crippen LogP contribution < -0.4 is 0 Å². The molecule has 100 valence electrons. The van der Waals surface area contributed by atoms with E-state index >= 15 is 0 Å². The molecule has 1 saturated heterocycles. The van der Waals surface area contributed by atoms with Crippen LogP contribution in [0.2, 0.25) is 0 Å². The lowest BCUT2D eigenvalue weighted by Gasteiger charge is -2.29. The molecule has 0 spiro atoms. The van der Waals surface area contributed by atoms with Crippen molar-refractivity contribution in [3.8, 4) is 0 Å². The molecule has 6 nitrogen and oxygen atoms in total. The molecule has 1 aliphatic heterocycles. The summed E-state index contributed by atoms with van der Waals surface area (Å²) in [6.45, 7) is 2.68. The number of carbonyl (C=O) groups excluding carboxylic acids is 2. The predicted octanol–water partition coefficient (Wildman–Crippen LogP) is 2.87. The van der Waals surface area contributed by atoms with Crippen molar-refractivity contribution < 1.29 is 9.59 Å². The van der Waals surface area contributed by atoms with Crippen molar-refractivity contribution in [2.24, 2.45) is 5.11 Å². The number of hydrogen-bond acceptors (Lipinski definition) is 4. The number of thiophene rings is 1. The molecule has 1 aromatic rings. The quantitative estimate of drug-likeness (QED) is 0.368. The number of carbonyl (C=O) groups is 2. The normalized spacial score (nSPS) is 15.9. The number of likely N-dealkylation sites (tertiary alicyclic amines) is 1. The number of nitrogens with zero attached hydrogens (tertiary/aromatic N) is 4. The van der Waals surface area contributed by atoms with Gasteiger partial charge in [0.2, 0.25) is 0 Å². The summed E-state index contributed by atoms with van der Waals surface area (Å²) in [5, 5.41) is 3.68. The van der Waals surface area contributed by atoms with Gasteiger partial charge in [0.05, 0.1) is 9.75 Å². The van der Waals surface area contributed by atoms with Gasteiger partial charge in [-0.3, -0.25) is 9.59 Å². The van der Waals surface area contributed by atoms with Gasteiger partial charge >= 0.3 is 0 Å². The highest BCUT2D eigenvalue weighted by Gasteiger charge is 2.24. The van der Waals surface area contributed by atoms with E-state index in [-0.39, 0.29) is 17.7 Å². The van der Waals surface area contributed by atoms with Crippen molar-refractivity contribution in [2.75, 3.05) is 13.1 Å². The van der Waals surface area contributed by atoms with Crippen LogP contribution in [0.3, 0.4) is 0 Å². The minimum atomic E-state index is -0.0445. The van der Waals surface area contributed by atoms with Crippen molar-refractivity contribution in [1.29, 1.82) is 0 Å². The van der Waals surface area contributed by atoms with Crippen LogP contribution in [0.15, 0.2) is 17.2 Å². The van der Waals surface area contributed by atoms with Gasteiger partial charge in [-0.05, 0) is 37.4 Å². The zero-order chi connectivity index (χ0) is 13.8. The van der Waals surface area contributed by atoms with Gasteiger partial charge in [-0.1, -0.05) is 5.11 Å². The van der Waals surface area contributed by atoms with E-state index in [1.54, 1.807) is 17.0 Å². The topological polar surface area (TPSA) is 86.1 Å². The van der Waals surface area contributed by atoms with E-state index in [4.69, 9.17) is 5.53 Å². The maximum absolute atomic E-state index is 12.2. The molecule has 0 N–H and O–H groups in total. The Morgan fingerprint density at radius 2 is 2.00 bits per heavy atom. The smallest absolute Gasteiger partial charge is 0.263 e. The molecule has 0 radical (unpaired) electrons. The van der Waals surface area contributed by atoms with E-state index < -0.39 is 0 Å². The molecule has 1 aliphatic rings. The second-order valence-corrected chi connectivity index (χ2v) is 5.53. The summed E-state index contributed by atoms with van der Waals surface area (Å²) in [6.07, 6.45) is 1.39. The Balaban J connectivity index is 2.00. The Kier molecular flexibility index (Phi) is 4.19. The molecule has 2 rings (SSSR count). The van der Waals surface area contributed by atoms with E-state index in [0.717, 1.165) is 0 Å². The molecular formula is C12H14N4O2S. The third-order valence-electron chi connectivity index (χ3n) is 3.13. The maximum Gasteiger partial charge on any atom is 0.263 e. The maximum atomic E-state index is 12.2. The third-order valence-corrected chi connectivity index (χ3v) is 4.30. The molecular weight excluding hydrogens is 264 g/mol. The number of hydrogen-bond donors (Lipinski definition) is 0. The summed E-state index contributed by atoms with van der Waals surface area (Å²) in [5.41, 5.74) is 8.37. The first-order chi connectivity index (χ1) is 9.11. The zero-order valence-electron chi connectivity index (χ0n) is 10.6. The Bertz CT molecular complexity index is 540. The van der Waals surface area contributed by atoms with Crippen LogP contribution >= 0.6 is 11.3 Å². The minimum Gasteiger partial charge on any atom is -0.338 e. The van der Waals surface area contributed by atoms with E-state index in [2.05, 4.69) is 10.0 Å². The van der Waals surface area contributed by atoms with Crippen molar-refractivity contribution in [2.45, 2.75) is 25.8 Å². The molecule has 0 atom stereocenters. The Morgan fingerprint density at radius 3 is 2.53 bits per heavy atom. The van der Waals surface area contributed by atoms with Crippen LogP contribution in [0.1, 0.15) is 39.1 Å². The second kappa shape index (κ2) is 5.86. The third kappa shape index (κ3) is 3.13. The summed E-state index contributed by atoms with van der Waals surface area (Å²) in [5.74, 6) is -0.0667. The average molecular weight is 278 g/mol. The number of Topliss-reactive ketones (excluding diaryl/α,β-unsaturated/α-hetero) is 1. The first kappa shape index (κ1) is 13.6. The van der Waals surface area contributed by atoms with Gasteiger partial charge in [-0.2, -0.15) is 0 Å². The summed E-state index contributed by atoms with van der Waals surface area (Å²) in [6, 6.07) is 3.38.